The van der Waals surface area contributed by atoms with Gasteiger partial charge < -0.3 is 10.1 Å². The van der Waals surface area contributed by atoms with Gasteiger partial charge in [-0.2, -0.15) is 0 Å². The molecule has 4 nitrogen and oxygen atoms in total. The number of anilines is 1. The van der Waals surface area contributed by atoms with Crippen LogP contribution in [0, 0.1) is 6.92 Å². The van der Waals surface area contributed by atoms with E-state index in [1.807, 2.05) is 37.3 Å². The smallest absolute Gasteiger partial charge is 0.335 e. The zero-order chi connectivity index (χ0) is 14.6. The van der Waals surface area contributed by atoms with E-state index in [1.54, 1.807) is 25.4 Å². The molecule has 1 N–H and O–H groups in total. The second-order valence-corrected chi connectivity index (χ2v) is 4.85. The Kier molecular flexibility index (Phi) is 4.03. The number of nitrogens with one attached hydrogen (secondary N) is 1. The maximum Gasteiger partial charge on any atom is 0.335 e. The molecule has 0 aliphatic rings. The lowest BCUT2D eigenvalue weighted by atomic mass is 9.93. The number of ether oxygens (including phenoxy) is 1. The number of nitrogens with zero attached hydrogens (tertiary/aromatic N) is 1. The van der Waals surface area contributed by atoms with Gasteiger partial charge in [0.15, 0.2) is 5.54 Å². The Hall–Kier alpha value is -2.36. The van der Waals surface area contributed by atoms with Crippen LogP contribution in [0.15, 0.2) is 48.8 Å². The van der Waals surface area contributed by atoms with Crippen molar-refractivity contribution in [3.05, 3.63) is 59.9 Å². The van der Waals surface area contributed by atoms with Crippen molar-refractivity contribution in [3.63, 3.8) is 0 Å². The van der Waals surface area contributed by atoms with Gasteiger partial charge in [0, 0.05) is 23.6 Å². The van der Waals surface area contributed by atoms with Crippen LogP contribution in [0.3, 0.4) is 0 Å². The third-order valence-electron chi connectivity index (χ3n) is 3.28. The Morgan fingerprint density at radius 1 is 1.25 bits per heavy atom. The van der Waals surface area contributed by atoms with Gasteiger partial charge in [0.1, 0.15) is 0 Å². The number of aromatic nitrogens is 1. The van der Waals surface area contributed by atoms with Crippen molar-refractivity contribution in [3.8, 4) is 0 Å². The van der Waals surface area contributed by atoms with Crippen molar-refractivity contribution in [2.45, 2.75) is 19.4 Å². The molecule has 0 spiro atoms. The summed E-state index contributed by atoms with van der Waals surface area (Å²) >= 11 is 0. The Labute approximate surface area is 118 Å². The van der Waals surface area contributed by atoms with Gasteiger partial charge in [-0.05, 0) is 32.0 Å². The molecule has 1 aromatic heterocycles. The number of rotatable bonds is 4. The van der Waals surface area contributed by atoms with Crippen LogP contribution in [-0.4, -0.2) is 18.1 Å². The molecule has 0 amide bonds. The SMILES string of the molecule is COC(=O)C(C)(Nc1ccc(C)cc1)c1cccnc1. The molecule has 4 heteroatoms. The van der Waals surface area contributed by atoms with Crippen LogP contribution in [0.5, 0.6) is 0 Å². The van der Waals surface area contributed by atoms with Crippen LogP contribution in [-0.2, 0) is 15.1 Å². The fourth-order valence-corrected chi connectivity index (χ4v) is 2.03. The van der Waals surface area contributed by atoms with Crippen molar-refractivity contribution < 1.29 is 9.53 Å². The van der Waals surface area contributed by atoms with E-state index in [1.165, 1.54) is 7.11 Å². The number of methoxy groups -OCH3 is 1. The highest BCUT2D eigenvalue weighted by atomic mass is 16.5. The molecule has 2 rings (SSSR count). The number of carbonyl (C=O) groups is 1. The second kappa shape index (κ2) is 5.74. The number of benzene rings is 1. The minimum Gasteiger partial charge on any atom is -0.467 e. The maximum absolute atomic E-state index is 12.2. The highest BCUT2D eigenvalue weighted by molar-refractivity contribution is 5.85. The second-order valence-electron chi connectivity index (χ2n) is 4.85. The van der Waals surface area contributed by atoms with Crippen LogP contribution in [0.25, 0.3) is 0 Å². The molecular formula is C16H18N2O2. The number of hydrogen-bond acceptors (Lipinski definition) is 4. The minimum absolute atomic E-state index is 0.355. The summed E-state index contributed by atoms with van der Waals surface area (Å²) in [6, 6.07) is 11.5. The highest BCUT2D eigenvalue weighted by Crippen LogP contribution is 2.27. The van der Waals surface area contributed by atoms with E-state index in [0.717, 1.165) is 16.8 Å². The first-order valence-corrected chi connectivity index (χ1v) is 6.40. The van der Waals surface area contributed by atoms with Gasteiger partial charge in [0.2, 0.25) is 0 Å². The van der Waals surface area contributed by atoms with Crippen LogP contribution in [0.4, 0.5) is 5.69 Å². The summed E-state index contributed by atoms with van der Waals surface area (Å²) in [5, 5.41) is 3.24. The molecule has 0 aliphatic heterocycles. The van der Waals surface area contributed by atoms with E-state index in [0.29, 0.717) is 0 Å². The van der Waals surface area contributed by atoms with Crippen molar-refractivity contribution in [2.24, 2.45) is 0 Å². The Morgan fingerprint density at radius 3 is 2.50 bits per heavy atom. The van der Waals surface area contributed by atoms with Crippen molar-refractivity contribution in [1.82, 2.24) is 4.98 Å². The predicted octanol–water partition coefficient (Wildman–Crippen LogP) is 2.89. The lowest BCUT2D eigenvalue weighted by Crippen LogP contribution is -2.41. The summed E-state index contributed by atoms with van der Waals surface area (Å²) < 4.78 is 4.94. The molecular weight excluding hydrogens is 252 g/mol. The number of aryl methyl sites for hydroxylation is 1. The predicted molar refractivity (Wildman–Crippen MR) is 78.4 cm³/mol. The van der Waals surface area contributed by atoms with Gasteiger partial charge in [-0.25, -0.2) is 4.79 Å². The van der Waals surface area contributed by atoms with E-state index in [-0.39, 0.29) is 5.97 Å². The summed E-state index contributed by atoms with van der Waals surface area (Å²) in [6.07, 6.45) is 3.34. The van der Waals surface area contributed by atoms with Crippen LogP contribution in [0.2, 0.25) is 0 Å². The van der Waals surface area contributed by atoms with Gasteiger partial charge in [-0.1, -0.05) is 23.8 Å². The lowest BCUT2D eigenvalue weighted by molar-refractivity contribution is -0.145. The van der Waals surface area contributed by atoms with Crippen LogP contribution in [0.1, 0.15) is 18.1 Å². The molecule has 104 valence electrons. The van der Waals surface area contributed by atoms with Gasteiger partial charge >= 0.3 is 5.97 Å². The Bertz CT molecular complexity index is 581. The van der Waals surface area contributed by atoms with Gasteiger partial charge in [-0.15, -0.1) is 0 Å². The zero-order valence-electron chi connectivity index (χ0n) is 11.9. The number of pyridine rings is 1. The fraction of sp³-hybridized carbons (Fsp3) is 0.250. The Morgan fingerprint density at radius 2 is 1.95 bits per heavy atom. The molecule has 0 radical (unpaired) electrons. The summed E-state index contributed by atoms with van der Waals surface area (Å²) in [4.78, 5) is 16.3. The first-order valence-electron chi connectivity index (χ1n) is 6.40. The van der Waals surface area contributed by atoms with Crippen molar-refractivity contribution in [2.75, 3.05) is 12.4 Å². The van der Waals surface area contributed by atoms with E-state index in [9.17, 15) is 4.79 Å². The monoisotopic (exact) mass is 270 g/mol. The zero-order valence-corrected chi connectivity index (χ0v) is 11.9. The maximum atomic E-state index is 12.2. The third-order valence-corrected chi connectivity index (χ3v) is 3.28. The fourth-order valence-electron chi connectivity index (χ4n) is 2.03. The first kappa shape index (κ1) is 14.1. The third kappa shape index (κ3) is 2.79. The largest absolute Gasteiger partial charge is 0.467 e. The molecule has 0 saturated heterocycles. The molecule has 1 aromatic carbocycles. The molecule has 0 bridgehead atoms. The van der Waals surface area contributed by atoms with Gasteiger partial charge in [-0.3, -0.25) is 4.98 Å². The Balaban J connectivity index is 2.38. The quantitative estimate of drug-likeness (QED) is 0.868. The van der Waals surface area contributed by atoms with E-state index < -0.39 is 5.54 Å². The molecule has 1 unspecified atom stereocenters. The minimum atomic E-state index is -0.974. The molecule has 0 saturated carbocycles. The summed E-state index contributed by atoms with van der Waals surface area (Å²) in [6.45, 7) is 3.81. The van der Waals surface area contributed by atoms with Gasteiger partial charge in [0.05, 0.1) is 7.11 Å². The molecule has 0 aliphatic carbocycles. The van der Waals surface area contributed by atoms with Gasteiger partial charge in [0.25, 0.3) is 0 Å². The summed E-state index contributed by atoms with van der Waals surface area (Å²) in [5.41, 5.74) is 1.80. The molecule has 1 atom stereocenters. The average molecular weight is 270 g/mol. The van der Waals surface area contributed by atoms with Crippen molar-refractivity contribution >= 4 is 11.7 Å². The number of esters is 1. The molecule has 0 fully saturated rings. The summed E-state index contributed by atoms with van der Waals surface area (Å²) in [5.74, 6) is -0.355. The standard InChI is InChI=1S/C16H18N2O2/c1-12-6-8-14(9-7-12)18-16(2,15(19)20-3)13-5-4-10-17-11-13/h4-11,18H,1-3H3. The lowest BCUT2D eigenvalue weighted by Gasteiger charge is -2.29. The van der Waals surface area contributed by atoms with E-state index in [4.69, 9.17) is 4.74 Å². The van der Waals surface area contributed by atoms with E-state index in [2.05, 4.69) is 10.3 Å². The topological polar surface area (TPSA) is 51.2 Å². The normalized spacial score (nSPS) is 13.3. The molecule has 2 aromatic rings. The number of hydrogen-bond donors (Lipinski definition) is 1. The average Bonchev–Trinajstić information content (AvgIpc) is 2.49. The van der Waals surface area contributed by atoms with E-state index >= 15 is 0 Å². The molecule has 20 heavy (non-hydrogen) atoms. The first-order chi connectivity index (χ1) is 9.56. The number of carbonyl (C=O) groups excluding carboxylic acids is 1. The van der Waals surface area contributed by atoms with Crippen LogP contribution >= 0.6 is 0 Å². The summed E-state index contributed by atoms with van der Waals surface area (Å²) in [7, 11) is 1.38. The van der Waals surface area contributed by atoms with Crippen LogP contribution < -0.4 is 5.32 Å². The molecule has 1 heterocycles. The highest BCUT2D eigenvalue weighted by Gasteiger charge is 2.36. The van der Waals surface area contributed by atoms with Crippen molar-refractivity contribution in [1.29, 1.82) is 0 Å².